The standard InChI is InChI=1S/C11H25N3O2S/c1-14-10-4-3-5-11(14)6-7-12-8-9-13-17(2,15)16/h11-13H,3-10H2,1-2H3. The highest BCUT2D eigenvalue weighted by Gasteiger charge is 2.17. The third-order valence-electron chi connectivity index (χ3n) is 3.24. The van der Waals surface area contributed by atoms with E-state index in [2.05, 4.69) is 22.0 Å². The number of rotatable bonds is 7. The van der Waals surface area contributed by atoms with Gasteiger partial charge in [0.15, 0.2) is 0 Å². The number of likely N-dealkylation sites (tertiary alicyclic amines) is 1. The summed E-state index contributed by atoms with van der Waals surface area (Å²) in [5.74, 6) is 0. The van der Waals surface area contributed by atoms with Gasteiger partial charge in [-0.25, -0.2) is 13.1 Å². The van der Waals surface area contributed by atoms with Crippen LogP contribution < -0.4 is 10.0 Å². The van der Waals surface area contributed by atoms with Gasteiger partial charge in [0.25, 0.3) is 0 Å². The Labute approximate surface area is 105 Å². The van der Waals surface area contributed by atoms with E-state index in [4.69, 9.17) is 0 Å². The molecule has 1 unspecified atom stereocenters. The molecule has 0 aliphatic carbocycles. The Morgan fingerprint density at radius 2 is 2.00 bits per heavy atom. The van der Waals surface area contributed by atoms with Crippen LogP contribution in [0.2, 0.25) is 0 Å². The Morgan fingerprint density at radius 1 is 1.24 bits per heavy atom. The maximum Gasteiger partial charge on any atom is 0.208 e. The van der Waals surface area contributed by atoms with Crippen LogP contribution in [0.5, 0.6) is 0 Å². The summed E-state index contributed by atoms with van der Waals surface area (Å²) in [5.41, 5.74) is 0. The monoisotopic (exact) mass is 263 g/mol. The summed E-state index contributed by atoms with van der Waals surface area (Å²) in [5, 5.41) is 3.27. The molecule has 102 valence electrons. The fraction of sp³-hybridized carbons (Fsp3) is 1.00. The molecule has 5 nitrogen and oxygen atoms in total. The van der Waals surface area contributed by atoms with Gasteiger partial charge in [-0.3, -0.25) is 0 Å². The van der Waals surface area contributed by atoms with Crippen LogP contribution in [-0.4, -0.2) is 58.8 Å². The van der Waals surface area contributed by atoms with Gasteiger partial charge in [-0.15, -0.1) is 0 Å². The van der Waals surface area contributed by atoms with Crippen molar-refractivity contribution >= 4 is 10.0 Å². The third-order valence-corrected chi connectivity index (χ3v) is 3.97. The topological polar surface area (TPSA) is 61.4 Å². The smallest absolute Gasteiger partial charge is 0.208 e. The summed E-state index contributed by atoms with van der Waals surface area (Å²) in [6, 6.07) is 0.694. The molecule has 1 aliphatic heterocycles. The lowest BCUT2D eigenvalue weighted by atomic mass is 10.0. The van der Waals surface area contributed by atoms with Crippen LogP contribution in [-0.2, 0) is 10.0 Å². The predicted octanol–water partition coefficient (Wildman–Crippen LogP) is -0.000400. The minimum atomic E-state index is -3.04. The molecule has 1 atom stereocenters. The van der Waals surface area contributed by atoms with E-state index in [1.165, 1.54) is 32.1 Å². The third kappa shape index (κ3) is 6.98. The minimum Gasteiger partial charge on any atom is -0.315 e. The van der Waals surface area contributed by atoms with E-state index in [9.17, 15) is 8.42 Å². The molecule has 0 amide bonds. The highest BCUT2D eigenvalue weighted by Crippen LogP contribution is 2.16. The number of sulfonamides is 1. The van der Waals surface area contributed by atoms with Gasteiger partial charge in [0.05, 0.1) is 6.26 Å². The summed E-state index contributed by atoms with van der Waals surface area (Å²) in [7, 11) is -0.849. The molecule has 0 radical (unpaired) electrons. The van der Waals surface area contributed by atoms with Crippen LogP contribution in [0.25, 0.3) is 0 Å². The summed E-state index contributed by atoms with van der Waals surface area (Å²) in [4.78, 5) is 2.43. The Hall–Kier alpha value is -0.170. The summed E-state index contributed by atoms with van der Waals surface area (Å²) in [6.07, 6.45) is 6.28. The molecule has 0 aromatic carbocycles. The summed E-state index contributed by atoms with van der Waals surface area (Å²) < 4.78 is 24.1. The predicted molar refractivity (Wildman–Crippen MR) is 70.6 cm³/mol. The lowest BCUT2D eigenvalue weighted by Gasteiger charge is -2.32. The van der Waals surface area contributed by atoms with Gasteiger partial charge in [-0.1, -0.05) is 6.42 Å². The van der Waals surface area contributed by atoms with Crippen molar-refractivity contribution in [2.45, 2.75) is 31.7 Å². The number of hydrogen-bond donors (Lipinski definition) is 2. The maximum atomic E-state index is 10.8. The molecule has 1 rings (SSSR count). The molecule has 0 aromatic heterocycles. The molecule has 0 aromatic rings. The van der Waals surface area contributed by atoms with Crippen LogP contribution in [0.1, 0.15) is 25.7 Å². The lowest BCUT2D eigenvalue weighted by Crippen LogP contribution is -2.39. The molecule has 0 saturated carbocycles. The van der Waals surface area contributed by atoms with Gasteiger partial charge in [0, 0.05) is 19.1 Å². The second kappa shape index (κ2) is 7.31. The van der Waals surface area contributed by atoms with Gasteiger partial charge in [-0.05, 0) is 39.4 Å². The normalized spacial score (nSPS) is 22.8. The molecule has 0 spiro atoms. The molecule has 1 aliphatic rings. The number of nitrogens with one attached hydrogen (secondary N) is 2. The number of piperidine rings is 1. The largest absolute Gasteiger partial charge is 0.315 e. The van der Waals surface area contributed by atoms with Crippen molar-refractivity contribution in [3.8, 4) is 0 Å². The molecule has 17 heavy (non-hydrogen) atoms. The van der Waals surface area contributed by atoms with Crippen LogP contribution in [0.15, 0.2) is 0 Å². The summed E-state index contributed by atoms with van der Waals surface area (Å²) >= 11 is 0. The SMILES string of the molecule is CN1CCCCC1CCNCCNS(C)(=O)=O. The Bertz CT molecular complexity index is 306. The van der Waals surface area contributed by atoms with Crippen molar-refractivity contribution in [1.29, 1.82) is 0 Å². The molecular formula is C11H25N3O2S. The van der Waals surface area contributed by atoms with Crippen molar-refractivity contribution in [3.63, 3.8) is 0 Å². The minimum absolute atomic E-state index is 0.472. The van der Waals surface area contributed by atoms with Crippen molar-refractivity contribution < 1.29 is 8.42 Å². The van der Waals surface area contributed by atoms with Crippen LogP contribution in [0.3, 0.4) is 0 Å². The molecule has 1 saturated heterocycles. The first kappa shape index (κ1) is 14.9. The molecule has 1 fully saturated rings. The number of hydrogen-bond acceptors (Lipinski definition) is 4. The maximum absolute atomic E-state index is 10.8. The molecule has 1 heterocycles. The van der Waals surface area contributed by atoms with Crippen LogP contribution in [0.4, 0.5) is 0 Å². The van der Waals surface area contributed by atoms with Crippen molar-refractivity contribution in [3.05, 3.63) is 0 Å². The lowest BCUT2D eigenvalue weighted by molar-refractivity contribution is 0.176. The Balaban J connectivity index is 2.00. The second-order valence-corrected chi connectivity index (χ2v) is 6.67. The van der Waals surface area contributed by atoms with E-state index in [0.29, 0.717) is 19.1 Å². The average Bonchev–Trinajstić information content (AvgIpc) is 2.24. The molecule has 6 heteroatoms. The fourth-order valence-corrected chi connectivity index (χ4v) is 2.70. The quantitative estimate of drug-likeness (QED) is 0.635. The zero-order chi connectivity index (χ0) is 12.7. The number of nitrogens with zero attached hydrogens (tertiary/aromatic N) is 1. The first-order chi connectivity index (χ1) is 7.99. The average molecular weight is 263 g/mol. The van der Waals surface area contributed by atoms with Crippen LogP contribution in [0, 0.1) is 0 Å². The second-order valence-electron chi connectivity index (χ2n) is 4.84. The molecule has 2 N–H and O–H groups in total. The molecule has 0 bridgehead atoms. The Morgan fingerprint density at radius 3 is 2.65 bits per heavy atom. The van der Waals surface area contributed by atoms with Gasteiger partial charge in [-0.2, -0.15) is 0 Å². The first-order valence-electron chi connectivity index (χ1n) is 6.34. The van der Waals surface area contributed by atoms with E-state index in [1.54, 1.807) is 0 Å². The zero-order valence-corrected chi connectivity index (χ0v) is 11.7. The van der Waals surface area contributed by atoms with Gasteiger partial charge in [0.2, 0.25) is 10.0 Å². The van der Waals surface area contributed by atoms with Crippen molar-refractivity contribution in [2.24, 2.45) is 0 Å². The van der Waals surface area contributed by atoms with Gasteiger partial charge >= 0.3 is 0 Å². The van der Waals surface area contributed by atoms with E-state index >= 15 is 0 Å². The van der Waals surface area contributed by atoms with E-state index in [-0.39, 0.29) is 0 Å². The van der Waals surface area contributed by atoms with E-state index in [0.717, 1.165) is 13.0 Å². The summed E-state index contributed by atoms with van der Waals surface area (Å²) in [6.45, 7) is 3.34. The fourth-order valence-electron chi connectivity index (χ4n) is 2.23. The Kier molecular flexibility index (Phi) is 6.40. The van der Waals surface area contributed by atoms with Crippen LogP contribution >= 0.6 is 0 Å². The van der Waals surface area contributed by atoms with Crippen molar-refractivity contribution in [2.75, 3.05) is 39.5 Å². The van der Waals surface area contributed by atoms with Crippen molar-refractivity contribution in [1.82, 2.24) is 14.9 Å². The van der Waals surface area contributed by atoms with E-state index < -0.39 is 10.0 Å². The van der Waals surface area contributed by atoms with Gasteiger partial charge < -0.3 is 10.2 Å². The first-order valence-corrected chi connectivity index (χ1v) is 8.24. The highest BCUT2D eigenvalue weighted by atomic mass is 32.2. The zero-order valence-electron chi connectivity index (χ0n) is 10.9. The van der Waals surface area contributed by atoms with Gasteiger partial charge in [0.1, 0.15) is 0 Å². The molecular weight excluding hydrogens is 238 g/mol. The highest BCUT2D eigenvalue weighted by molar-refractivity contribution is 7.88. The van der Waals surface area contributed by atoms with E-state index in [1.807, 2.05) is 0 Å².